The largest absolute Gasteiger partial charge is 0.496 e. The molecule has 1 unspecified atom stereocenters. The first kappa shape index (κ1) is 16.8. The molecule has 1 aromatic carbocycles. The van der Waals surface area contributed by atoms with Gasteiger partial charge in [-0.3, -0.25) is 4.79 Å². The van der Waals surface area contributed by atoms with Gasteiger partial charge in [0.05, 0.1) is 7.11 Å². The first-order valence-corrected chi connectivity index (χ1v) is 8.11. The fourth-order valence-corrected chi connectivity index (χ4v) is 3.22. The molecule has 0 aliphatic carbocycles. The van der Waals surface area contributed by atoms with Crippen molar-refractivity contribution >= 4 is 5.91 Å². The van der Waals surface area contributed by atoms with Gasteiger partial charge in [0.15, 0.2) is 0 Å². The lowest BCUT2D eigenvalue weighted by Crippen LogP contribution is -2.46. The molecule has 22 heavy (non-hydrogen) atoms. The number of nitrogens with zero attached hydrogens (tertiary/aromatic N) is 2. The molecule has 0 radical (unpaired) electrons. The maximum Gasteiger partial charge on any atom is 0.222 e. The average molecular weight is 304 g/mol. The zero-order valence-electron chi connectivity index (χ0n) is 14.2. The number of amides is 1. The predicted molar refractivity (Wildman–Crippen MR) is 88.9 cm³/mol. The summed E-state index contributed by atoms with van der Waals surface area (Å²) in [6, 6.07) is 8.46. The zero-order valence-corrected chi connectivity index (χ0v) is 14.2. The van der Waals surface area contributed by atoms with Gasteiger partial charge in [-0.05, 0) is 39.3 Å². The van der Waals surface area contributed by atoms with Crippen LogP contribution in [0.2, 0.25) is 0 Å². The van der Waals surface area contributed by atoms with Crippen molar-refractivity contribution in [2.45, 2.75) is 39.3 Å². The molecule has 1 aliphatic heterocycles. The van der Waals surface area contributed by atoms with Gasteiger partial charge in [-0.25, -0.2) is 0 Å². The SMILES string of the molecule is COc1ccccc1CN(C)CC1CCC(=O)N(C(C)C)C1. The summed E-state index contributed by atoms with van der Waals surface area (Å²) in [7, 11) is 3.86. The molecular weight excluding hydrogens is 276 g/mol. The first-order valence-electron chi connectivity index (χ1n) is 8.11. The molecule has 0 spiro atoms. The van der Waals surface area contributed by atoms with E-state index in [1.54, 1.807) is 7.11 Å². The van der Waals surface area contributed by atoms with Gasteiger partial charge in [-0.1, -0.05) is 18.2 Å². The summed E-state index contributed by atoms with van der Waals surface area (Å²) < 4.78 is 5.42. The van der Waals surface area contributed by atoms with Crippen LogP contribution >= 0.6 is 0 Å². The molecule has 1 saturated heterocycles. The fourth-order valence-electron chi connectivity index (χ4n) is 3.22. The van der Waals surface area contributed by atoms with Gasteiger partial charge in [0.2, 0.25) is 5.91 Å². The van der Waals surface area contributed by atoms with Crippen LogP contribution in [0.1, 0.15) is 32.3 Å². The molecule has 1 fully saturated rings. The third-order valence-electron chi connectivity index (χ3n) is 4.37. The second-order valence-corrected chi connectivity index (χ2v) is 6.55. The monoisotopic (exact) mass is 304 g/mol. The molecule has 1 aromatic rings. The number of carbonyl (C=O) groups is 1. The molecule has 4 nitrogen and oxygen atoms in total. The minimum absolute atomic E-state index is 0.301. The van der Waals surface area contributed by atoms with E-state index >= 15 is 0 Å². The summed E-state index contributed by atoms with van der Waals surface area (Å²) in [6.45, 7) is 6.95. The minimum Gasteiger partial charge on any atom is -0.496 e. The number of benzene rings is 1. The summed E-state index contributed by atoms with van der Waals surface area (Å²) in [5, 5.41) is 0. The third-order valence-corrected chi connectivity index (χ3v) is 4.37. The van der Waals surface area contributed by atoms with E-state index in [1.807, 2.05) is 23.1 Å². The molecule has 1 aliphatic rings. The molecular formula is C18H28N2O2. The van der Waals surface area contributed by atoms with Gasteiger partial charge < -0.3 is 14.5 Å². The molecule has 1 atom stereocenters. The Kier molecular flexibility index (Phi) is 5.83. The number of ether oxygens (including phenoxy) is 1. The second kappa shape index (κ2) is 7.63. The summed E-state index contributed by atoms with van der Waals surface area (Å²) in [5.74, 6) is 1.80. The van der Waals surface area contributed by atoms with Crippen molar-refractivity contribution in [2.24, 2.45) is 5.92 Å². The number of hydrogen-bond acceptors (Lipinski definition) is 3. The van der Waals surface area contributed by atoms with Gasteiger partial charge in [0, 0.05) is 37.7 Å². The van der Waals surface area contributed by atoms with E-state index in [0.29, 0.717) is 24.3 Å². The molecule has 122 valence electrons. The van der Waals surface area contributed by atoms with Crippen molar-refractivity contribution in [1.82, 2.24) is 9.80 Å². The Bertz CT molecular complexity index is 502. The summed E-state index contributed by atoms with van der Waals surface area (Å²) in [5.41, 5.74) is 1.21. The number of carbonyl (C=O) groups excluding carboxylic acids is 1. The van der Waals surface area contributed by atoms with Crippen LogP contribution in [0.15, 0.2) is 24.3 Å². The lowest BCUT2D eigenvalue weighted by atomic mass is 9.96. The number of para-hydroxylation sites is 1. The normalized spacial score (nSPS) is 19.1. The van der Waals surface area contributed by atoms with Gasteiger partial charge in [0.25, 0.3) is 0 Å². The highest BCUT2D eigenvalue weighted by atomic mass is 16.5. The Morgan fingerprint density at radius 1 is 1.36 bits per heavy atom. The maximum absolute atomic E-state index is 11.9. The van der Waals surface area contributed by atoms with Crippen LogP contribution in [0.25, 0.3) is 0 Å². The van der Waals surface area contributed by atoms with Crippen molar-refractivity contribution in [3.05, 3.63) is 29.8 Å². The molecule has 1 amide bonds. The minimum atomic E-state index is 0.301. The van der Waals surface area contributed by atoms with Crippen LogP contribution in [0.5, 0.6) is 5.75 Å². The van der Waals surface area contributed by atoms with Crippen LogP contribution in [0.4, 0.5) is 0 Å². The highest BCUT2D eigenvalue weighted by Gasteiger charge is 2.27. The fraction of sp³-hybridized carbons (Fsp3) is 0.611. The summed E-state index contributed by atoms with van der Waals surface area (Å²) >= 11 is 0. The van der Waals surface area contributed by atoms with Gasteiger partial charge >= 0.3 is 0 Å². The lowest BCUT2D eigenvalue weighted by Gasteiger charge is -2.37. The molecule has 0 bridgehead atoms. The first-order chi connectivity index (χ1) is 10.5. The third kappa shape index (κ3) is 4.23. The summed E-state index contributed by atoms with van der Waals surface area (Å²) in [4.78, 5) is 16.3. The smallest absolute Gasteiger partial charge is 0.222 e. The van der Waals surface area contributed by atoms with Crippen molar-refractivity contribution < 1.29 is 9.53 Å². The van der Waals surface area contributed by atoms with Crippen LogP contribution in [-0.4, -0.2) is 49.0 Å². The average Bonchev–Trinajstić information content (AvgIpc) is 2.49. The van der Waals surface area contributed by atoms with Crippen LogP contribution < -0.4 is 4.74 Å². The van der Waals surface area contributed by atoms with E-state index in [2.05, 4.69) is 31.9 Å². The molecule has 2 rings (SSSR count). The van der Waals surface area contributed by atoms with E-state index < -0.39 is 0 Å². The van der Waals surface area contributed by atoms with Crippen molar-refractivity contribution in [1.29, 1.82) is 0 Å². The van der Waals surface area contributed by atoms with Gasteiger partial charge in [-0.15, -0.1) is 0 Å². The Labute approximate surface area is 134 Å². The van der Waals surface area contributed by atoms with Gasteiger partial charge in [-0.2, -0.15) is 0 Å². The topological polar surface area (TPSA) is 32.8 Å². The number of rotatable bonds is 6. The van der Waals surface area contributed by atoms with Crippen molar-refractivity contribution in [3.63, 3.8) is 0 Å². The predicted octanol–water partition coefficient (Wildman–Crippen LogP) is 2.77. The Balaban J connectivity index is 1.92. The Hall–Kier alpha value is -1.55. The molecule has 4 heteroatoms. The lowest BCUT2D eigenvalue weighted by molar-refractivity contribution is -0.136. The molecule has 0 N–H and O–H groups in total. The Morgan fingerprint density at radius 2 is 2.09 bits per heavy atom. The maximum atomic E-state index is 11.9. The van der Waals surface area contributed by atoms with E-state index in [4.69, 9.17) is 4.74 Å². The number of likely N-dealkylation sites (tertiary alicyclic amines) is 1. The summed E-state index contributed by atoms with van der Waals surface area (Å²) in [6.07, 6.45) is 1.68. The van der Waals surface area contributed by atoms with Crippen LogP contribution in [0, 0.1) is 5.92 Å². The second-order valence-electron chi connectivity index (χ2n) is 6.55. The highest BCUT2D eigenvalue weighted by Crippen LogP contribution is 2.23. The van der Waals surface area contributed by atoms with E-state index in [1.165, 1.54) is 5.56 Å². The quantitative estimate of drug-likeness (QED) is 0.810. The van der Waals surface area contributed by atoms with Gasteiger partial charge in [0.1, 0.15) is 5.75 Å². The van der Waals surface area contributed by atoms with E-state index in [0.717, 1.165) is 31.8 Å². The molecule has 0 aromatic heterocycles. The number of methoxy groups -OCH3 is 1. The van der Waals surface area contributed by atoms with E-state index in [9.17, 15) is 4.79 Å². The molecule has 1 heterocycles. The standard InChI is InChI=1S/C18H28N2O2/c1-14(2)20-12-15(9-10-18(20)21)11-19(3)13-16-7-5-6-8-17(16)22-4/h5-8,14-15H,9-13H2,1-4H3. The van der Waals surface area contributed by atoms with Crippen LogP contribution in [0.3, 0.4) is 0 Å². The highest BCUT2D eigenvalue weighted by molar-refractivity contribution is 5.77. The van der Waals surface area contributed by atoms with Crippen molar-refractivity contribution in [2.75, 3.05) is 27.2 Å². The number of piperidine rings is 1. The van der Waals surface area contributed by atoms with Crippen LogP contribution in [-0.2, 0) is 11.3 Å². The molecule has 0 saturated carbocycles. The number of hydrogen-bond donors (Lipinski definition) is 0. The van der Waals surface area contributed by atoms with E-state index in [-0.39, 0.29) is 0 Å². The zero-order chi connectivity index (χ0) is 16.1. The Morgan fingerprint density at radius 3 is 2.77 bits per heavy atom. The van der Waals surface area contributed by atoms with Crippen molar-refractivity contribution in [3.8, 4) is 5.75 Å².